The Bertz CT molecular complexity index is 294. The van der Waals surface area contributed by atoms with E-state index < -0.39 is 0 Å². The van der Waals surface area contributed by atoms with Crippen LogP contribution in [0.25, 0.3) is 0 Å². The first-order valence-corrected chi connectivity index (χ1v) is 5.74. The van der Waals surface area contributed by atoms with Gasteiger partial charge in [0.05, 0.1) is 18.9 Å². The second-order valence-electron chi connectivity index (χ2n) is 4.14. The maximum Gasteiger partial charge on any atom is 0.123 e. The molecule has 2 aliphatic heterocycles. The maximum absolute atomic E-state index is 5.92. The summed E-state index contributed by atoms with van der Waals surface area (Å²) in [6, 6.07) is 0. The van der Waals surface area contributed by atoms with Gasteiger partial charge in [-0.3, -0.25) is 4.90 Å². The van der Waals surface area contributed by atoms with Crippen molar-refractivity contribution < 1.29 is 4.74 Å². The summed E-state index contributed by atoms with van der Waals surface area (Å²) in [5.41, 5.74) is 12.4. The van der Waals surface area contributed by atoms with E-state index in [0.29, 0.717) is 11.5 Å². The molecule has 2 aliphatic rings. The fourth-order valence-electron chi connectivity index (χ4n) is 1.97. The van der Waals surface area contributed by atoms with Gasteiger partial charge in [0.1, 0.15) is 5.82 Å². The number of morpholine rings is 1. The molecule has 1 fully saturated rings. The van der Waals surface area contributed by atoms with E-state index >= 15 is 0 Å². The molecule has 2 rings (SSSR count). The van der Waals surface area contributed by atoms with Crippen LogP contribution in [-0.4, -0.2) is 55.7 Å². The van der Waals surface area contributed by atoms with Gasteiger partial charge in [0.2, 0.25) is 0 Å². The van der Waals surface area contributed by atoms with Crippen molar-refractivity contribution in [3.05, 3.63) is 23.7 Å². The van der Waals surface area contributed by atoms with Gasteiger partial charge in [-0.25, -0.2) is 0 Å². The van der Waals surface area contributed by atoms with Crippen LogP contribution in [0.2, 0.25) is 0 Å². The lowest BCUT2D eigenvalue weighted by molar-refractivity contribution is 0.0350. The number of ether oxygens (including phenoxy) is 1. The highest BCUT2D eigenvalue weighted by Gasteiger charge is 2.14. The highest BCUT2D eigenvalue weighted by molar-refractivity contribution is 5.24. The van der Waals surface area contributed by atoms with Crippen LogP contribution in [0.1, 0.15) is 0 Å². The Labute approximate surface area is 96.3 Å². The van der Waals surface area contributed by atoms with E-state index in [0.717, 1.165) is 45.9 Å². The van der Waals surface area contributed by atoms with Gasteiger partial charge in [0.15, 0.2) is 0 Å². The van der Waals surface area contributed by atoms with Gasteiger partial charge >= 0.3 is 0 Å². The molecule has 4 N–H and O–H groups in total. The SMILES string of the molecule is NC1=C(N)N(CCN2CCOCC2)CC=C1. The lowest BCUT2D eigenvalue weighted by Crippen LogP contribution is -2.43. The lowest BCUT2D eigenvalue weighted by atomic mass is 10.2. The molecule has 5 nitrogen and oxygen atoms in total. The standard InChI is InChI=1S/C11H20N4O/c12-10-2-1-3-15(11(10)13)5-4-14-6-8-16-9-7-14/h1-2H,3-9,12-13H2. The fraction of sp³-hybridized carbons (Fsp3) is 0.636. The number of rotatable bonds is 3. The van der Waals surface area contributed by atoms with Gasteiger partial charge in [-0.15, -0.1) is 0 Å². The monoisotopic (exact) mass is 224 g/mol. The highest BCUT2D eigenvalue weighted by Crippen LogP contribution is 2.08. The van der Waals surface area contributed by atoms with E-state index in [2.05, 4.69) is 9.80 Å². The molecule has 90 valence electrons. The van der Waals surface area contributed by atoms with Crippen molar-refractivity contribution >= 4 is 0 Å². The zero-order chi connectivity index (χ0) is 11.4. The molecule has 16 heavy (non-hydrogen) atoms. The summed E-state index contributed by atoms with van der Waals surface area (Å²) in [6.45, 7) is 6.52. The Kier molecular flexibility index (Phi) is 3.69. The van der Waals surface area contributed by atoms with E-state index in [1.54, 1.807) is 0 Å². The van der Waals surface area contributed by atoms with Gasteiger partial charge < -0.3 is 21.1 Å². The normalized spacial score (nSPS) is 22.9. The third-order valence-corrected chi connectivity index (χ3v) is 3.05. The third-order valence-electron chi connectivity index (χ3n) is 3.05. The first kappa shape index (κ1) is 11.3. The molecule has 0 aromatic heterocycles. The summed E-state index contributed by atoms with van der Waals surface area (Å²) in [4.78, 5) is 4.51. The number of nitrogens with zero attached hydrogens (tertiary/aromatic N) is 2. The van der Waals surface area contributed by atoms with Crippen molar-refractivity contribution in [1.29, 1.82) is 0 Å². The van der Waals surface area contributed by atoms with Crippen molar-refractivity contribution in [2.45, 2.75) is 0 Å². The molecule has 5 heteroatoms. The van der Waals surface area contributed by atoms with Crippen LogP contribution in [0.15, 0.2) is 23.7 Å². The molecular weight excluding hydrogens is 204 g/mol. The summed E-state index contributed by atoms with van der Waals surface area (Å²) >= 11 is 0. The van der Waals surface area contributed by atoms with Gasteiger partial charge in [-0.05, 0) is 6.08 Å². The van der Waals surface area contributed by atoms with Gasteiger partial charge in [-0.2, -0.15) is 0 Å². The zero-order valence-electron chi connectivity index (χ0n) is 9.56. The van der Waals surface area contributed by atoms with E-state index in [1.807, 2.05) is 12.2 Å². The molecule has 1 saturated heterocycles. The molecule has 0 atom stereocenters. The van der Waals surface area contributed by atoms with Crippen molar-refractivity contribution in [3.63, 3.8) is 0 Å². The molecule has 0 saturated carbocycles. The Balaban J connectivity index is 1.79. The first-order valence-electron chi connectivity index (χ1n) is 5.74. The zero-order valence-corrected chi connectivity index (χ0v) is 9.56. The molecular formula is C11H20N4O. The van der Waals surface area contributed by atoms with Gasteiger partial charge in [-0.1, -0.05) is 6.08 Å². The van der Waals surface area contributed by atoms with E-state index in [4.69, 9.17) is 16.2 Å². The van der Waals surface area contributed by atoms with Crippen LogP contribution in [0.3, 0.4) is 0 Å². The average Bonchev–Trinajstić information content (AvgIpc) is 2.32. The number of nitrogens with two attached hydrogens (primary N) is 2. The number of hydrogen-bond acceptors (Lipinski definition) is 5. The van der Waals surface area contributed by atoms with Crippen LogP contribution in [0.4, 0.5) is 0 Å². The minimum Gasteiger partial charge on any atom is -0.396 e. The first-order chi connectivity index (χ1) is 7.77. The Hall–Kier alpha value is -1.20. The smallest absolute Gasteiger partial charge is 0.123 e. The van der Waals surface area contributed by atoms with Crippen LogP contribution in [0, 0.1) is 0 Å². The summed E-state index contributed by atoms with van der Waals surface area (Å²) in [6.07, 6.45) is 3.92. The van der Waals surface area contributed by atoms with Crippen LogP contribution in [-0.2, 0) is 4.74 Å². The summed E-state index contributed by atoms with van der Waals surface area (Å²) < 4.78 is 5.31. The Morgan fingerprint density at radius 1 is 1.19 bits per heavy atom. The van der Waals surface area contributed by atoms with Crippen LogP contribution in [0.5, 0.6) is 0 Å². The van der Waals surface area contributed by atoms with Gasteiger partial charge in [0, 0.05) is 32.7 Å². The van der Waals surface area contributed by atoms with E-state index in [9.17, 15) is 0 Å². The van der Waals surface area contributed by atoms with E-state index in [1.165, 1.54) is 0 Å². The number of hydrogen-bond donors (Lipinski definition) is 2. The summed E-state index contributed by atoms with van der Waals surface area (Å²) in [5, 5.41) is 0. The largest absolute Gasteiger partial charge is 0.396 e. The predicted molar refractivity (Wildman–Crippen MR) is 63.4 cm³/mol. The van der Waals surface area contributed by atoms with Crippen LogP contribution < -0.4 is 11.5 Å². The quantitative estimate of drug-likeness (QED) is 0.662. The topological polar surface area (TPSA) is 67.8 Å². The summed E-state index contributed by atoms with van der Waals surface area (Å²) in [7, 11) is 0. The third kappa shape index (κ3) is 2.68. The van der Waals surface area contributed by atoms with Crippen molar-refractivity contribution in [1.82, 2.24) is 9.80 Å². The highest BCUT2D eigenvalue weighted by atomic mass is 16.5. The van der Waals surface area contributed by atoms with Gasteiger partial charge in [0.25, 0.3) is 0 Å². The fourth-order valence-corrected chi connectivity index (χ4v) is 1.97. The van der Waals surface area contributed by atoms with Crippen molar-refractivity contribution in [2.24, 2.45) is 11.5 Å². The Morgan fingerprint density at radius 2 is 1.94 bits per heavy atom. The lowest BCUT2D eigenvalue weighted by Gasteiger charge is -2.32. The molecule has 0 aliphatic carbocycles. The molecule has 0 radical (unpaired) electrons. The molecule has 0 amide bonds. The molecule has 0 bridgehead atoms. The molecule has 0 spiro atoms. The van der Waals surface area contributed by atoms with Crippen molar-refractivity contribution in [3.8, 4) is 0 Å². The minimum atomic E-state index is 0.674. The maximum atomic E-state index is 5.92. The average molecular weight is 224 g/mol. The number of allylic oxidation sites excluding steroid dienone is 1. The summed E-state index contributed by atoms with van der Waals surface area (Å²) in [5.74, 6) is 0.704. The van der Waals surface area contributed by atoms with E-state index in [-0.39, 0.29) is 0 Å². The molecule has 0 aromatic carbocycles. The van der Waals surface area contributed by atoms with Crippen molar-refractivity contribution in [2.75, 3.05) is 45.9 Å². The molecule has 0 unspecified atom stereocenters. The second-order valence-corrected chi connectivity index (χ2v) is 4.14. The second kappa shape index (κ2) is 5.23. The Morgan fingerprint density at radius 3 is 2.69 bits per heavy atom. The predicted octanol–water partition coefficient (Wildman–Crippen LogP) is -0.723. The molecule has 2 heterocycles. The minimum absolute atomic E-state index is 0.674. The molecule has 0 aromatic rings. The van der Waals surface area contributed by atoms with Crippen LogP contribution >= 0.6 is 0 Å².